The topological polar surface area (TPSA) is 114 Å². The van der Waals surface area contributed by atoms with Crippen LogP contribution in [0.1, 0.15) is 19.8 Å². The van der Waals surface area contributed by atoms with E-state index in [4.69, 9.17) is 16.6 Å². The number of aliphatic carboxylic acids is 1. The molecule has 0 rings (SSSR count). The number of rotatable bonds is 5. The first-order valence-corrected chi connectivity index (χ1v) is 4.01. The van der Waals surface area contributed by atoms with E-state index in [-0.39, 0.29) is 5.96 Å². The molecule has 0 aromatic carbocycles. The van der Waals surface area contributed by atoms with Gasteiger partial charge in [0.1, 0.15) is 0 Å². The summed E-state index contributed by atoms with van der Waals surface area (Å²) in [5.41, 5.74) is 8.91. The Labute approximate surface area is 77.0 Å². The van der Waals surface area contributed by atoms with Crippen molar-refractivity contribution in [1.29, 1.82) is 0 Å². The van der Waals surface area contributed by atoms with E-state index >= 15 is 0 Å². The lowest BCUT2D eigenvalue weighted by atomic mass is 10.1. The van der Waals surface area contributed by atoms with Gasteiger partial charge in [0.2, 0.25) is 5.66 Å². The van der Waals surface area contributed by atoms with Crippen molar-refractivity contribution in [2.75, 3.05) is 7.05 Å². The zero-order valence-corrected chi connectivity index (χ0v) is 7.87. The lowest BCUT2D eigenvalue weighted by Gasteiger charge is -2.23. The maximum atomic E-state index is 10.9. The highest BCUT2D eigenvalue weighted by Gasteiger charge is 2.35. The third-order valence-electron chi connectivity index (χ3n) is 1.70. The lowest BCUT2D eigenvalue weighted by Crippen LogP contribution is -2.50. The van der Waals surface area contributed by atoms with Crippen molar-refractivity contribution in [1.82, 2.24) is 5.32 Å². The van der Waals surface area contributed by atoms with Gasteiger partial charge in [-0.2, -0.15) is 0 Å². The maximum absolute atomic E-state index is 10.9. The zero-order chi connectivity index (χ0) is 10.5. The smallest absolute Gasteiger partial charge is 0.346 e. The van der Waals surface area contributed by atoms with E-state index in [9.17, 15) is 4.79 Å². The molecule has 0 aromatic heterocycles. The van der Waals surface area contributed by atoms with E-state index < -0.39 is 11.6 Å². The second kappa shape index (κ2) is 4.66. The van der Waals surface area contributed by atoms with Gasteiger partial charge >= 0.3 is 5.97 Å². The highest BCUT2D eigenvalue weighted by atomic mass is 16.4. The van der Waals surface area contributed by atoms with Gasteiger partial charge < -0.3 is 16.6 Å². The molecule has 0 heterocycles. The average molecular weight is 188 g/mol. The second-order valence-corrected chi connectivity index (χ2v) is 2.70. The van der Waals surface area contributed by atoms with Crippen LogP contribution in [0.3, 0.4) is 0 Å². The molecule has 13 heavy (non-hydrogen) atoms. The minimum Gasteiger partial charge on any atom is -0.478 e. The summed E-state index contributed by atoms with van der Waals surface area (Å²) in [6.07, 6.45) is 1.01. The predicted molar refractivity (Wildman–Crippen MR) is 50.1 cm³/mol. The molecule has 6 heteroatoms. The number of hydrogen-bond donors (Lipinski definition) is 4. The Morgan fingerprint density at radius 3 is 2.38 bits per heavy atom. The Morgan fingerprint density at radius 1 is 1.62 bits per heavy atom. The normalized spacial score (nSPS) is 14.6. The Balaban J connectivity index is 4.86. The van der Waals surface area contributed by atoms with Crippen LogP contribution >= 0.6 is 0 Å². The third kappa shape index (κ3) is 2.90. The molecule has 1 atom stereocenters. The highest BCUT2D eigenvalue weighted by molar-refractivity contribution is 5.84. The van der Waals surface area contributed by atoms with E-state index in [2.05, 4.69) is 10.3 Å². The molecule has 0 saturated heterocycles. The molecule has 0 aliphatic rings. The molecular weight excluding hydrogens is 172 g/mol. The summed E-state index contributed by atoms with van der Waals surface area (Å²) >= 11 is 0. The number of nitrogens with zero attached hydrogens (tertiary/aromatic N) is 1. The van der Waals surface area contributed by atoms with E-state index in [1.54, 1.807) is 0 Å². The molecule has 0 aliphatic carbocycles. The van der Waals surface area contributed by atoms with Gasteiger partial charge in [-0.25, -0.2) is 9.79 Å². The van der Waals surface area contributed by atoms with E-state index in [0.29, 0.717) is 12.8 Å². The molecular formula is C7H16N4O2. The first kappa shape index (κ1) is 11.7. The molecule has 0 radical (unpaired) electrons. The standard InChI is InChI=1S/C7H16N4O2/c1-3-4-7(10-2,5(12)13)11-6(8)9/h10H,3-4H2,1-2H3,(H,12,13)(H4,8,9,11). The summed E-state index contributed by atoms with van der Waals surface area (Å²) in [6.45, 7) is 1.86. The van der Waals surface area contributed by atoms with Crippen molar-refractivity contribution < 1.29 is 9.90 Å². The SMILES string of the molecule is CCCC(N=C(N)N)(NC)C(=O)O. The van der Waals surface area contributed by atoms with Crippen LogP contribution in [0.25, 0.3) is 0 Å². The Bertz CT molecular complexity index is 213. The minimum absolute atomic E-state index is 0.231. The van der Waals surface area contributed by atoms with E-state index in [1.165, 1.54) is 7.05 Å². The number of aliphatic imine (C=N–C) groups is 1. The number of carboxylic acid groups (broad SMARTS) is 1. The molecule has 0 aliphatic heterocycles. The molecule has 76 valence electrons. The Kier molecular flexibility index (Phi) is 4.19. The molecule has 0 fully saturated rings. The van der Waals surface area contributed by atoms with Crippen LogP contribution < -0.4 is 16.8 Å². The quantitative estimate of drug-likeness (QED) is 0.328. The average Bonchev–Trinajstić information content (AvgIpc) is 2.02. The predicted octanol–water partition coefficient (Wildman–Crippen LogP) is -0.940. The molecule has 0 amide bonds. The Hall–Kier alpha value is -1.30. The van der Waals surface area contributed by atoms with Gasteiger partial charge in [0.15, 0.2) is 5.96 Å². The van der Waals surface area contributed by atoms with Crippen molar-refractivity contribution in [3.05, 3.63) is 0 Å². The van der Waals surface area contributed by atoms with Crippen LogP contribution in [-0.4, -0.2) is 29.7 Å². The van der Waals surface area contributed by atoms with Crippen LogP contribution in [0.4, 0.5) is 0 Å². The van der Waals surface area contributed by atoms with Crippen LogP contribution in [-0.2, 0) is 4.79 Å². The number of likely N-dealkylation sites (N-methyl/N-ethyl adjacent to an activating group) is 1. The van der Waals surface area contributed by atoms with E-state index in [1.807, 2.05) is 6.92 Å². The second-order valence-electron chi connectivity index (χ2n) is 2.70. The molecule has 0 bridgehead atoms. The van der Waals surface area contributed by atoms with Crippen LogP contribution in [0, 0.1) is 0 Å². The van der Waals surface area contributed by atoms with E-state index in [0.717, 1.165) is 0 Å². The monoisotopic (exact) mass is 188 g/mol. The van der Waals surface area contributed by atoms with Gasteiger partial charge in [-0.15, -0.1) is 0 Å². The van der Waals surface area contributed by atoms with Gasteiger partial charge in [0.05, 0.1) is 0 Å². The zero-order valence-electron chi connectivity index (χ0n) is 7.87. The fourth-order valence-corrected chi connectivity index (χ4v) is 1.08. The molecule has 1 unspecified atom stereocenters. The molecule has 0 spiro atoms. The van der Waals surface area contributed by atoms with Crippen LogP contribution in [0.15, 0.2) is 4.99 Å². The molecule has 0 aromatic rings. The van der Waals surface area contributed by atoms with Crippen molar-refractivity contribution in [2.45, 2.75) is 25.4 Å². The first-order valence-electron chi connectivity index (χ1n) is 4.01. The summed E-state index contributed by atoms with van der Waals surface area (Å²) in [5.74, 6) is -1.31. The highest BCUT2D eigenvalue weighted by Crippen LogP contribution is 2.14. The van der Waals surface area contributed by atoms with Crippen molar-refractivity contribution in [2.24, 2.45) is 16.5 Å². The summed E-state index contributed by atoms with van der Waals surface area (Å²) < 4.78 is 0. The largest absolute Gasteiger partial charge is 0.478 e. The van der Waals surface area contributed by atoms with Crippen LogP contribution in [0.5, 0.6) is 0 Å². The van der Waals surface area contributed by atoms with Gasteiger partial charge in [-0.1, -0.05) is 13.3 Å². The number of guanidine groups is 1. The fourth-order valence-electron chi connectivity index (χ4n) is 1.08. The summed E-state index contributed by atoms with van der Waals surface area (Å²) in [5, 5.41) is 11.5. The third-order valence-corrected chi connectivity index (χ3v) is 1.70. The fraction of sp³-hybridized carbons (Fsp3) is 0.714. The number of carboxylic acids is 1. The summed E-state index contributed by atoms with van der Waals surface area (Å²) in [6, 6.07) is 0. The summed E-state index contributed by atoms with van der Waals surface area (Å²) in [7, 11) is 1.51. The van der Waals surface area contributed by atoms with Crippen molar-refractivity contribution in [3.8, 4) is 0 Å². The van der Waals surface area contributed by atoms with Crippen molar-refractivity contribution >= 4 is 11.9 Å². The van der Waals surface area contributed by atoms with Crippen molar-refractivity contribution in [3.63, 3.8) is 0 Å². The summed E-state index contributed by atoms with van der Waals surface area (Å²) in [4.78, 5) is 14.6. The molecule has 0 saturated carbocycles. The maximum Gasteiger partial charge on any atom is 0.346 e. The van der Waals surface area contributed by atoms with Gasteiger partial charge in [-0.3, -0.25) is 5.32 Å². The number of nitrogens with two attached hydrogens (primary N) is 2. The number of nitrogens with one attached hydrogen (secondary N) is 1. The number of carbonyl (C=O) groups is 1. The van der Waals surface area contributed by atoms with Gasteiger partial charge in [0.25, 0.3) is 0 Å². The lowest BCUT2D eigenvalue weighted by molar-refractivity contribution is -0.144. The van der Waals surface area contributed by atoms with Gasteiger partial charge in [-0.05, 0) is 13.5 Å². The number of hydrogen-bond acceptors (Lipinski definition) is 3. The Morgan fingerprint density at radius 2 is 2.15 bits per heavy atom. The first-order chi connectivity index (χ1) is 5.98. The molecule has 6 N–H and O–H groups in total. The molecule has 6 nitrogen and oxygen atoms in total. The minimum atomic E-state index is -1.38. The van der Waals surface area contributed by atoms with Gasteiger partial charge in [0, 0.05) is 0 Å². The van der Waals surface area contributed by atoms with Crippen LogP contribution in [0.2, 0.25) is 0 Å².